The molecule has 0 atom stereocenters. The molecule has 148 valence electrons. The second-order valence-electron chi connectivity index (χ2n) is 6.85. The van der Waals surface area contributed by atoms with Crippen LogP contribution in [0.3, 0.4) is 0 Å². The number of pyridine rings is 1. The summed E-state index contributed by atoms with van der Waals surface area (Å²) in [5, 5.41) is 5.09. The monoisotopic (exact) mass is 416 g/mol. The van der Waals surface area contributed by atoms with Crippen LogP contribution in [0.2, 0.25) is 0 Å². The van der Waals surface area contributed by atoms with Gasteiger partial charge < -0.3 is 4.74 Å². The SMILES string of the molecule is COC(=O)c1cn(-c2nc3ccccc3s2)cc2c(=O)n(-c3cccc(C)c3)nc1-2. The molecule has 0 bridgehead atoms. The molecule has 0 saturated carbocycles. The van der Waals surface area contributed by atoms with Gasteiger partial charge in [-0.1, -0.05) is 35.6 Å². The Kier molecular flexibility index (Phi) is 4.22. The zero-order valence-electron chi connectivity index (χ0n) is 16.2. The van der Waals surface area contributed by atoms with Gasteiger partial charge in [-0.25, -0.2) is 9.78 Å². The number of fused-ring (bicyclic) bond motifs is 2. The Morgan fingerprint density at radius 1 is 1.10 bits per heavy atom. The summed E-state index contributed by atoms with van der Waals surface area (Å²) in [6.07, 6.45) is 3.28. The summed E-state index contributed by atoms with van der Waals surface area (Å²) in [5.74, 6) is -0.565. The minimum Gasteiger partial charge on any atom is -0.465 e. The summed E-state index contributed by atoms with van der Waals surface area (Å²) in [5.41, 5.74) is 3.00. The van der Waals surface area contributed by atoms with Crippen molar-refractivity contribution in [1.29, 1.82) is 0 Å². The molecule has 3 heterocycles. The van der Waals surface area contributed by atoms with E-state index in [9.17, 15) is 9.59 Å². The van der Waals surface area contributed by atoms with E-state index in [1.54, 1.807) is 23.0 Å². The van der Waals surface area contributed by atoms with E-state index in [0.717, 1.165) is 15.8 Å². The predicted molar refractivity (Wildman–Crippen MR) is 115 cm³/mol. The van der Waals surface area contributed by atoms with E-state index in [4.69, 9.17) is 4.74 Å². The number of aryl methyl sites for hydroxylation is 1. The summed E-state index contributed by atoms with van der Waals surface area (Å²) < 4.78 is 8.95. The Bertz CT molecular complexity index is 1410. The molecular formula is C22H16N4O3S. The van der Waals surface area contributed by atoms with Gasteiger partial charge in [-0.3, -0.25) is 9.36 Å². The van der Waals surface area contributed by atoms with Gasteiger partial charge in [0, 0.05) is 12.4 Å². The topological polar surface area (TPSA) is 79.0 Å². The van der Waals surface area contributed by atoms with E-state index in [1.807, 2.05) is 49.4 Å². The number of para-hydroxylation sites is 1. The van der Waals surface area contributed by atoms with Crippen LogP contribution in [0.15, 0.2) is 65.7 Å². The van der Waals surface area contributed by atoms with Crippen LogP contribution >= 0.6 is 11.3 Å². The van der Waals surface area contributed by atoms with Crippen molar-refractivity contribution in [3.63, 3.8) is 0 Å². The lowest BCUT2D eigenvalue weighted by Crippen LogP contribution is -2.15. The summed E-state index contributed by atoms with van der Waals surface area (Å²) in [4.78, 5) is 30.3. The third-order valence-electron chi connectivity index (χ3n) is 4.82. The zero-order chi connectivity index (χ0) is 20.8. The molecule has 0 spiro atoms. The molecule has 0 unspecified atom stereocenters. The smallest absolute Gasteiger partial charge is 0.341 e. The van der Waals surface area contributed by atoms with Crippen molar-refractivity contribution < 1.29 is 9.53 Å². The van der Waals surface area contributed by atoms with Gasteiger partial charge in [0.1, 0.15) is 11.3 Å². The molecule has 2 aliphatic rings. The van der Waals surface area contributed by atoms with Crippen molar-refractivity contribution in [3.05, 3.63) is 82.4 Å². The van der Waals surface area contributed by atoms with Crippen LogP contribution in [0.25, 0.3) is 32.3 Å². The molecule has 0 fully saturated rings. The lowest BCUT2D eigenvalue weighted by atomic mass is 10.1. The second-order valence-corrected chi connectivity index (χ2v) is 7.86. The van der Waals surface area contributed by atoms with Crippen LogP contribution in [0, 0.1) is 6.92 Å². The maximum atomic E-state index is 13.2. The quantitative estimate of drug-likeness (QED) is 0.418. The number of benzene rings is 2. The summed E-state index contributed by atoms with van der Waals surface area (Å²) in [6, 6.07) is 15.2. The molecule has 8 heteroatoms. The number of rotatable bonds is 3. The lowest BCUT2D eigenvalue weighted by Gasteiger charge is -2.08. The van der Waals surface area contributed by atoms with Crippen molar-refractivity contribution in [3.8, 4) is 22.1 Å². The van der Waals surface area contributed by atoms with Crippen LogP contribution in [0.5, 0.6) is 0 Å². The third kappa shape index (κ3) is 2.89. The average Bonchev–Trinajstić information content (AvgIpc) is 3.34. The van der Waals surface area contributed by atoms with Crippen LogP contribution < -0.4 is 5.56 Å². The van der Waals surface area contributed by atoms with Gasteiger partial charge in [0.25, 0.3) is 5.56 Å². The first-order valence-electron chi connectivity index (χ1n) is 9.21. The van der Waals surface area contributed by atoms with E-state index in [1.165, 1.54) is 23.1 Å². The van der Waals surface area contributed by atoms with Gasteiger partial charge in [-0.05, 0) is 36.8 Å². The number of nitrogens with zero attached hydrogens (tertiary/aromatic N) is 4. The molecule has 1 aromatic heterocycles. The van der Waals surface area contributed by atoms with Crippen LogP contribution in [-0.2, 0) is 4.74 Å². The lowest BCUT2D eigenvalue weighted by molar-refractivity contribution is 0.0600. The van der Waals surface area contributed by atoms with E-state index >= 15 is 0 Å². The average molecular weight is 416 g/mol. The van der Waals surface area contributed by atoms with Crippen molar-refractivity contribution in [2.45, 2.75) is 6.92 Å². The van der Waals surface area contributed by atoms with Gasteiger partial charge in [0.2, 0.25) is 0 Å². The first-order chi connectivity index (χ1) is 14.5. The number of ether oxygens (including phenoxy) is 1. The van der Waals surface area contributed by atoms with Gasteiger partial charge in [0.15, 0.2) is 5.13 Å². The summed E-state index contributed by atoms with van der Waals surface area (Å²) in [7, 11) is 1.30. The number of methoxy groups -OCH3 is 1. The van der Waals surface area contributed by atoms with E-state index in [0.29, 0.717) is 22.1 Å². The minimum absolute atomic E-state index is 0.206. The maximum Gasteiger partial charge on any atom is 0.341 e. The molecule has 5 rings (SSSR count). The van der Waals surface area contributed by atoms with Crippen LogP contribution in [0.1, 0.15) is 15.9 Å². The normalized spacial score (nSPS) is 11.3. The number of aromatic nitrogens is 4. The molecule has 2 aromatic carbocycles. The minimum atomic E-state index is -0.565. The molecule has 0 saturated heterocycles. The molecular weight excluding hydrogens is 400 g/mol. The standard InChI is InChI=1S/C22H16N4O3S/c1-13-6-5-7-14(10-13)26-20(27)15-11-25(12-16(19(15)24-26)21(28)29-2)22-23-17-8-3-4-9-18(17)30-22/h3-12H,1-2H3. The van der Waals surface area contributed by atoms with Crippen molar-refractivity contribution in [2.75, 3.05) is 7.11 Å². The first-order valence-corrected chi connectivity index (χ1v) is 10.0. The first kappa shape index (κ1) is 18.3. The molecule has 0 radical (unpaired) electrons. The van der Waals surface area contributed by atoms with E-state index < -0.39 is 5.97 Å². The fraction of sp³-hybridized carbons (Fsp3) is 0.0909. The number of carbonyl (C=O) groups excluding carboxylic acids is 1. The summed E-state index contributed by atoms with van der Waals surface area (Å²) >= 11 is 1.47. The van der Waals surface area contributed by atoms with Gasteiger partial charge >= 0.3 is 5.97 Å². The van der Waals surface area contributed by atoms with Gasteiger partial charge in [0.05, 0.1) is 28.6 Å². The molecule has 30 heavy (non-hydrogen) atoms. The Morgan fingerprint density at radius 3 is 2.70 bits per heavy atom. The summed E-state index contributed by atoms with van der Waals surface area (Å²) in [6.45, 7) is 1.94. The van der Waals surface area contributed by atoms with E-state index in [-0.39, 0.29) is 11.1 Å². The molecule has 7 nitrogen and oxygen atoms in total. The fourth-order valence-corrected chi connectivity index (χ4v) is 4.30. The molecule has 2 aliphatic heterocycles. The molecule has 0 amide bonds. The number of hydrogen-bond acceptors (Lipinski definition) is 6. The third-order valence-corrected chi connectivity index (χ3v) is 5.87. The van der Waals surface area contributed by atoms with Crippen molar-refractivity contribution in [1.82, 2.24) is 19.3 Å². The van der Waals surface area contributed by atoms with Gasteiger partial charge in [-0.15, -0.1) is 0 Å². The van der Waals surface area contributed by atoms with Crippen molar-refractivity contribution >= 4 is 27.5 Å². The van der Waals surface area contributed by atoms with E-state index in [2.05, 4.69) is 10.1 Å². The Hall–Kier alpha value is -3.78. The van der Waals surface area contributed by atoms with Crippen LogP contribution in [0.4, 0.5) is 0 Å². The Labute approximate surface area is 175 Å². The Balaban J connectivity index is 1.77. The highest BCUT2D eigenvalue weighted by Crippen LogP contribution is 2.29. The highest BCUT2D eigenvalue weighted by Gasteiger charge is 2.25. The molecule has 0 aliphatic carbocycles. The van der Waals surface area contributed by atoms with Crippen LogP contribution in [-0.4, -0.2) is 32.4 Å². The fourth-order valence-electron chi connectivity index (χ4n) is 3.38. The Morgan fingerprint density at radius 2 is 1.93 bits per heavy atom. The zero-order valence-corrected chi connectivity index (χ0v) is 17.0. The maximum absolute atomic E-state index is 13.2. The van der Waals surface area contributed by atoms with Crippen molar-refractivity contribution in [2.24, 2.45) is 0 Å². The molecule has 3 aromatic rings. The number of thiazole rings is 1. The second kappa shape index (κ2) is 6.93. The number of esters is 1. The molecule has 0 N–H and O–H groups in total. The number of carbonyl (C=O) groups is 1. The highest BCUT2D eigenvalue weighted by atomic mass is 32.1. The van der Waals surface area contributed by atoms with Gasteiger partial charge in [-0.2, -0.15) is 9.78 Å². The number of hydrogen-bond donors (Lipinski definition) is 0. The largest absolute Gasteiger partial charge is 0.465 e. The highest BCUT2D eigenvalue weighted by molar-refractivity contribution is 7.20. The predicted octanol–water partition coefficient (Wildman–Crippen LogP) is 3.83.